The number of nitrogens with one attached hydrogen (secondary N) is 2. The van der Waals surface area contributed by atoms with Crippen LogP contribution in [0.5, 0.6) is 0 Å². The molecule has 2 N–H and O–H groups in total. The van der Waals surface area contributed by atoms with Crippen molar-refractivity contribution in [3.63, 3.8) is 0 Å². The number of hydrogen-bond acceptors (Lipinski definition) is 4. The molecule has 0 amide bonds. The topological polar surface area (TPSA) is 67.1 Å². The molecule has 0 fully saturated rings. The monoisotopic (exact) mass is 368 g/mol. The van der Waals surface area contributed by atoms with Crippen LogP contribution in [0.15, 0.2) is 54.2 Å². The molecule has 0 spiro atoms. The summed E-state index contributed by atoms with van der Waals surface area (Å²) in [7, 11) is 0. The van der Waals surface area contributed by atoms with E-state index in [1.165, 1.54) is 9.75 Å². The Bertz CT molecular complexity index is 820. The van der Waals surface area contributed by atoms with Gasteiger partial charge in [0.25, 0.3) is 0 Å². The zero-order valence-corrected chi connectivity index (χ0v) is 16.0. The van der Waals surface area contributed by atoms with Crippen molar-refractivity contribution in [1.29, 1.82) is 0 Å². The minimum absolute atomic E-state index is 0.581. The lowest BCUT2D eigenvalue weighted by Crippen LogP contribution is -2.36. The van der Waals surface area contributed by atoms with Gasteiger partial charge in [-0.3, -0.25) is 4.57 Å². The van der Waals surface area contributed by atoms with Gasteiger partial charge in [0.05, 0.1) is 13.1 Å². The lowest BCUT2D eigenvalue weighted by atomic mass is 10.3. The zero-order valence-electron chi connectivity index (χ0n) is 15.1. The lowest BCUT2D eigenvalue weighted by molar-refractivity contribution is 0.822. The van der Waals surface area contributed by atoms with Gasteiger partial charge in [0.1, 0.15) is 12.1 Å². The number of hydrogen-bond donors (Lipinski definition) is 2. The van der Waals surface area contributed by atoms with Crippen LogP contribution in [0.1, 0.15) is 29.2 Å². The predicted molar refractivity (Wildman–Crippen MR) is 107 cm³/mol. The molecule has 7 heteroatoms. The van der Waals surface area contributed by atoms with E-state index in [1.807, 2.05) is 40.4 Å². The maximum atomic E-state index is 4.66. The second kappa shape index (κ2) is 9.15. The van der Waals surface area contributed by atoms with Crippen molar-refractivity contribution < 1.29 is 0 Å². The molecule has 0 radical (unpaired) electrons. The smallest absolute Gasteiger partial charge is 0.191 e. The van der Waals surface area contributed by atoms with Crippen molar-refractivity contribution in [2.45, 2.75) is 33.4 Å². The Hall–Kier alpha value is -2.67. The van der Waals surface area contributed by atoms with Crippen molar-refractivity contribution in [2.24, 2.45) is 4.99 Å². The quantitative estimate of drug-likeness (QED) is 0.497. The fourth-order valence-corrected chi connectivity index (χ4v) is 3.35. The van der Waals surface area contributed by atoms with Gasteiger partial charge >= 0.3 is 0 Å². The molecular formula is C19H24N6S. The minimum Gasteiger partial charge on any atom is -0.357 e. The van der Waals surface area contributed by atoms with Crippen molar-refractivity contribution in [2.75, 3.05) is 6.54 Å². The Kier molecular flexibility index (Phi) is 6.38. The van der Waals surface area contributed by atoms with Gasteiger partial charge in [-0.25, -0.2) is 15.0 Å². The number of imidazole rings is 1. The van der Waals surface area contributed by atoms with Crippen LogP contribution >= 0.6 is 11.3 Å². The molecule has 0 aliphatic carbocycles. The molecule has 0 aliphatic rings. The molecule has 3 heterocycles. The molecule has 6 nitrogen and oxygen atoms in total. The first-order chi connectivity index (χ1) is 12.8. The Morgan fingerprint density at radius 2 is 2.04 bits per heavy atom. The molecule has 0 atom stereocenters. The van der Waals surface area contributed by atoms with Gasteiger partial charge < -0.3 is 10.6 Å². The van der Waals surface area contributed by atoms with E-state index in [-0.39, 0.29) is 0 Å². The number of thiophene rings is 1. The van der Waals surface area contributed by atoms with Crippen LogP contribution in [-0.4, -0.2) is 27.0 Å². The Morgan fingerprint density at radius 3 is 2.69 bits per heavy atom. The van der Waals surface area contributed by atoms with Crippen LogP contribution in [0.4, 0.5) is 0 Å². The van der Waals surface area contributed by atoms with Crippen molar-refractivity contribution in [1.82, 2.24) is 25.2 Å². The summed E-state index contributed by atoms with van der Waals surface area (Å²) in [5.41, 5.74) is 1.07. The normalized spacial score (nSPS) is 11.5. The van der Waals surface area contributed by atoms with Crippen LogP contribution in [0.25, 0.3) is 5.82 Å². The molecule has 3 rings (SSSR count). The third-order valence-electron chi connectivity index (χ3n) is 3.84. The molecule has 0 saturated heterocycles. The second-order valence-electron chi connectivity index (χ2n) is 5.76. The average molecular weight is 369 g/mol. The fourth-order valence-electron chi connectivity index (χ4n) is 2.45. The molecule has 3 aromatic rings. The average Bonchev–Trinajstić information content (AvgIpc) is 3.36. The van der Waals surface area contributed by atoms with E-state index < -0.39 is 0 Å². The summed E-state index contributed by atoms with van der Waals surface area (Å²) in [6.45, 7) is 6.44. The van der Waals surface area contributed by atoms with Crippen molar-refractivity contribution in [3.8, 4) is 5.82 Å². The number of guanidine groups is 1. The fraction of sp³-hybridized carbons (Fsp3) is 0.316. The first-order valence-electron chi connectivity index (χ1n) is 8.81. The molecule has 0 saturated carbocycles. The van der Waals surface area contributed by atoms with Crippen LogP contribution in [0.2, 0.25) is 0 Å². The molecular weight excluding hydrogens is 344 g/mol. The summed E-state index contributed by atoms with van der Waals surface area (Å²) in [5.74, 6) is 1.67. The van der Waals surface area contributed by atoms with E-state index in [0.717, 1.165) is 36.9 Å². The summed E-state index contributed by atoms with van der Waals surface area (Å²) in [4.78, 5) is 15.9. The number of rotatable bonds is 7. The number of aliphatic imine (C=N–C) groups is 1. The highest BCUT2D eigenvalue weighted by molar-refractivity contribution is 7.11. The molecule has 26 heavy (non-hydrogen) atoms. The number of pyridine rings is 1. The number of aromatic nitrogens is 3. The van der Waals surface area contributed by atoms with Gasteiger partial charge in [-0.1, -0.05) is 13.0 Å². The molecule has 136 valence electrons. The highest BCUT2D eigenvalue weighted by Crippen LogP contribution is 2.16. The SMILES string of the molecule is CCNC(=NCc1ccc(-n2ccnc2)nc1)NCc1ccc(CC)s1. The van der Waals surface area contributed by atoms with Crippen LogP contribution in [0.3, 0.4) is 0 Å². The van der Waals surface area contributed by atoms with Crippen LogP contribution in [-0.2, 0) is 19.5 Å². The predicted octanol–water partition coefficient (Wildman–Crippen LogP) is 3.15. The summed E-state index contributed by atoms with van der Waals surface area (Å²) < 4.78 is 1.88. The largest absolute Gasteiger partial charge is 0.357 e. The number of nitrogens with zero attached hydrogens (tertiary/aromatic N) is 4. The molecule has 0 unspecified atom stereocenters. The van der Waals surface area contributed by atoms with Crippen LogP contribution < -0.4 is 10.6 Å². The standard InChI is InChI=1S/C19H24N6S/c1-3-16-6-7-17(26-16)13-24-19(21-4-2)23-12-15-5-8-18(22-11-15)25-10-9-20-14-25/h5-11,14H,3-4,12-13H2,1-2H3,(H2,21,23,24). The van der Waals surface area contributed by atoms with Crippen molar-refractivity contribution in [3.05, 3.63) is 64.5 Å². The third-order valence-corrected chi connectivity index (χ3v) is 5.07. The Balaban J connectivity index is 1.59. The van der Waals surface area contributed by atoms with E-state index in [2.05, 4.69) is 51.6 Å². The maximum Gasteiger partial charge on any atom is 0.191 e. The third kappa shape index (κ3) is 4.92. The van der Waals surface area contributed by atoms with E-state index in [1.54, 1.807) is 12.5 Å². The van der Waals surface area contributed by atoms with Gasteiger partial charge in [-0.05, 0) is 37.1 Å². The molecule has 0 aliphatic heterocycles. The number of aryl methyl sites for hydroxylation is 1. The Labute approximate surface area is 158 Å². The maximum absolute atomic E-state index is 4.66. The van der Waals surface area contributed by atoms with Crippen molar-refractivity contribution >= 4 is 17.3 Å². The van der Waals surface area contributed by atoms with E-state index in [9.17, 15) is 0 Å². The van der Waals surface area contributed by atoms with Gasteiger partial charge in [0, 0.05) is 34.9 Å². The molecule has 0 bridgehead atoms. The highest BCUT2D eigenvalue weighted by atomic mass is 32.1. The van der Waals surface area contributed by atoms with Gasteiger partial charge in [-0.15, -0.1) is 11.3 Å². The summed E-state index contributed by atoms with van der Waals surface area (Å²) in [6.07, 6.45) is 8.30. The molecule has 3 aromatic heterocycles. The van der Waals surface area contributed by atoms with Gasteiger partial charge in [0.15, 0.2) is 5.96 Å². The second-order valence-corrected chi connectivity index (χ2v) is 7.02. The van der Waals surface area contributed by atoms with E-state index in [0.29, 0.717) is 6.54 Å². The first-order valence-corrected chi connectivity index (χ1v) is 9.63. The minimum atomic E-state index is 0.581. The summed E-state index contributed by atoms with van der Waals surface area (Å²) in [5, 5.41) is 6.68. The van der Waals surface area contributed by atoms with E-state index in [4.69, 9.17) is 0 Å². The zero-order chi connectivity index (χ0) is 18.2. The first kappa shape index (κ1) is 18.1. The molecule has 0 aromatic carbocycles. The van der Waals surface area contributed by atoms with Crippen LogP contribution in [0, 0.1) is 0 Å². The summed E-state index contributed by atoms with van der Waals surface area (Å²) in [6, 6.07) is 8.39. The van der Waals surface area contributed by atoms with Gasteiger partial charge in [-0.2, -0.15) is 0 Å². The summed E-state index contributed by atoms with van der Waals surface area (Å²) >= 11 is 1.84. The van der Waals surface area contributed by atoms with Gasteiger partial charge in [0.2, 0.25) is 0 Å². The van der Waals surface area contributed by atoms with E-state index >= 15 is 0 Å². The Morgan fingerprint density at radius 1 is 1.15 bits per heavy atom. The lowest BCUT2D eigenvalue weighted by Gasteiger charge is -2.10. The highest BCUT2D eigenvalue weighted by Gasteiger charge is 2.02.